The Bertz CT molecular complexity index is 641. The summed E-state index contributed by atoms with van der Waals surface area (Å²) in [6.45, 7) is 5.24. The normalized spacial score (nSPS) is 17.2. The number of ether oxygens (including phenoxy) is 1. The fourth-order valence-corrected chi connectivity index (χ4v) is 2.62. The fourth-order valence-electron chi connectivity index (χ4n) is 2.62. The quantitative estimate of drug-likeness (QED) is 0.861. The van der Waals surface area contributed by atoms with Crippen LogP contribution in [0.2, 0.25) is 0 Å². The Labute approximate surface area is 147 Å². The van der Waals surface area contributed by atoms with Crippen molar-refractivity contribution in [3.8, 4) is 0 Å². The second-order valence-corrected chi connectivity index (χ2v) is 5.15. The lowest BCUT2D eigenvalue weighted by molar-refractivity contribution is -0.134. The molecule has 128 valence electrons. The molecule has 23 heavy (non-hydrogen) atoms. The van der Waals surface area contributed by atoms with Crippen LogP contribution in [0, 0.1) is 6.92 Å². The maximum Gasteiger partial charge on any atom is 0.250 e. The monoisotopic (exact) mass is 360 g/mol. The molecule has 1 saturated heterocycles. The molecule has 1 aromatic carbocycles. The summed E-state index contributed by atoms with van der Waals surface area (Å²) in [5.74, 6) is 0.908. The molecule has 1 atom stereocenters. The molecule has 1 aliphatic rings. The zero-order chi connectivity index (χ0) is 14.7. The smallest absolute Gasteiger partial charge is 0.250 e. The summed E-state index contributed by atoms with van der Waals surface area (Å²) < 4.78 is 7.55. The van der Waals surface area contributed by atoms with Crippen molar-refractivity contribution in [3.63, 3.8) is 0 Å². The third kappa shape index (κ3) is 4.57. The van der Waals surface area contributed by atoms with Gasteiger partial charge in [-0.2, -0.15) is 0 Å². The van der Waals surface area contributed by atoms with E-state index in [0.29, 0.717) is 26.2 Å². The van der Waals surface area contributed by atoms with E-state index in [-0.39, 0.29) is 36.8 Å². The number of carbonyl (C=O) groups is 1. The van der Waals surface area contributed by atoms with Crippen molar-refractivity contribution in [3.05, 3.63) is 30.1 Å². The van der Waals surface area contributed by atoms with E-state index in [2.05, 4.69) is 20.2 Å². The van der Waals surface area contributed by atoms with Gasteiger partial charge in [0, 0.05) is 26.2 Å². The van der Waals surface area contributed by atoms with Gasteiger partial charge >= 0.3 is 0 Å². The van der Waals surface area contributed by atoms with Crippen molar-refractivity contribution in [1.82, 2.24) is 20.2 Å². The van der Waals surface area contributed by atoms with Crippen molar-refractivity contribution in [2.75, 3.05) is 26.2 Å². The second kappa shape index (κ2) is 9.08. The summed E-state index contributed by atoms with van der Waals surface area (Å²) in [5, 5.41) is 6.08. The molecule has 2 N–H and O–H groups in total. The van der Waals surface area contributed by atoms with Gasteiger partial charge in [-0.05, 0) is 19.1 Å². The molecule has 2 heterocycles. The van der Waals surface area contributed by atoms with E-state index in [1.54, 1.807) is 0 Å². The van der Waals surface area contributed by atoms with Crippen LogP contribution in [0.5, 0.6) is 0 Å². The van der Waals surface area contributed by atoms with E-state index in [1.165, 1.54) is 0 Å². The Morgan fingerprint density at radius 3 is 2.96 bits per heavy atom. The summed E-state index contributed by atoms with van der Waals surface area (Å²) in [4.78, 5) is 16.5. The van der Waals surface area contributed by atoms with E-state index in [4.69, 9.17) is 4.74 Å². The standard InChI is InChI=1S/C15H20N4O2.2ClH/c1-11-18-12-4-2-3-5-13(12)19(11)8-6-17-15(20)14-10-16-7-9-21-14;;/h2-5,14,16H,6-10H2,1H3,(H,17,20);2*1H. The molecule has 8 heteroatoms. The van der Waals surface area contributed by atoms with Crippen LogP contribution in [-0.2, 0) is 16.1 Å². The molecule has 1 fully saturated rings. The van der Waals surface area contributed by atoms with Crippen LogP contribution in [0.15, 0.2) is 24.3 Å². The molecule has 0 spiro atoms. The zero-order valence-electron chi connectivity index (χ0n) is 12.9. The number of rotatable bonds is 4. The van der Waals surface area contributed by atoms with Crippen LogP contribution in [0.25, 0.3) is 11.0 Å². The number of fused-ring (bicyclic) bond motifs is 1. The average molecular weight is 361 g/mol. The predicted octanol–water partition coefficient (Wildman–Crippen LogP) is 1.29. The first-order valence-corrected chi connectivity index (χ1v) is 7.27. The minimum Gasteiger partial charge on any atom is -0.366 e. The second-order valence-electron chi connectivity index (χ2n) is 5.15. The number of morpholine rings is 1. The summed E-state index contributed by atoms with van der Waals surface area (Å²) in [6.07, 6.45) is -0.376. The minimum absolute atomic E-state index is 0. The SMILES string of the molecule is Cc1nc2ccccc2n1CCNC(=O)C1CNCCO1.Cl.Cl. The van der Waals surface area contributed by atoms with Crippen LogP contribution < -0.4 is 10.6 Å². The molecule has 2 aromatic rings. The molecule has 0 bridgehead atoms. The molecule has 1 amide bonds. The average Bonchev–Trinajstić information content (AvgIpc) is 2.84. The van der Waals surface area contributed by atoms with Gasteiger partial charge in [-0.15, -0.1) is 24.8 Å². The number of halogens is 2. The lowest BCUT2D eigenvalue weighted by atomic mass is 10.3. The van der Waals surface area contributed by atoms with Gasteiger partial charge in [0.2, 0.25) is 0 Å². The van der Waals surface area contributed by atoms with Gasteiger partial charge in [-0.3, -0.25) is 4.79 Å². The minimum atomic E-state index is -0.376. The number of imidazole rings is 1. The fraction of sp³-hybridized carbons (Fsp3) is 0.467. The van der Waals surface area contributed by atoms with Crippen molar-refractivity contribution in [1.29, 1.82) is 0 Å². The van der Waals surface area contributed by atoms with E-state index in [9.17, 15) is 4.79 Å². The van der Waals surface area contributed by atoms with Crippen LogP contribution >= 0.6 is 24.8 Å². The number of hydrogen-bond donors (Lipinski definition) is 2. The van der Waals surface area contributed by atoms with Gasteiger partial charge in [0.25, 0.3) is 5.91 Å². The van der Waals surface area contributed by atoms with Crippen LogP contribution in [0.3, 0.4) is 0 Å². The summed E-state index contributed by atoms with van der Waals surface area (Å²) in [5.41, 5.74) is 2.08. The molecular weight excluding hydrogens is 339 g/mol. The number of amides is 1. The molecule has 0 saturated carbocycles. The van der Waals surface area contributed by atoms with Crippen molar-refractivity contribution in [2.24, 2.45) is 0 Å². The van der Waals surface area contributed by atoms with Gasteiger partial charge in [0.15, 0.2) is 0 Å². The number of carbonyl (C=O) groups excluding carboxylic acids is 1. The highest BCUT2D eigenvalue weighted by atomic mass is 35.5. The number of aryl methyl sites for hydroxylation is 1. The van der Waals surface area contributed by atoms with E-state index in [1.807, 2.05) is 31.2 Å². The number of aromatic nitrogens is 2. The molecule has 1 unspecified atom stereocenters. The Morgan fingerprint density at radius 2 is 2.22 bits per heavy atom. The first-order valence-electron chi connectivity index (χ1n) is 7.27. The molecule has 0 aliphatic carbocycles. The van der Waals surface area contributed by atoms with Crippen LogP contribution in [0.1, 0.15) is 5.82 Å². The van der Waals surface area contributed by atoms with Crippen LogP contribution in [-0.4, -0.2) is 47.8 Å². The Hall–Kier alpha value is -1.34. The Balaban J connectivity index is 0.00000132. The number of benzene rings is 1. The zero-order valence-corrected chi connectivity index (χ0v) is 14.6. The predicted molar refractivity (Wildman–Crippen MR) is 94.6 cm³/mol. The summed E-state index contributed by atoms with van der Waals surface area (Å²) in [7, 11) is 0. The van der Waals surface area contributed by atoms with Crippen molar-refractivity contribution in [2.45, 2.75) is 19.6 Å². The van der Waals surface area contributed by atoms with Crippen molar-refractivity contribution < 1.29 is 9.53 Å². The first kappa shape index (κ1) is 19.7. The highest BCUT2D eigenvalue weighted by molar-refractivity contribution is 5.85. The van der Waals surface area contributed by atoms with Gasteiger partial charge in [0.05, 0.1) is 17.6 Å². The third-order valence-electron chi connectivity index (χ3n) is 3.70. The molecular formula is C15H22Cl2N4O2. The number of para-hydroxylation sites is 2. The molecule has 1 aromatic heterocycles. The van der Waals surface area contributed by atoms with Gasteiger partial charge < -0.3 is 19.9 Å². The molecule has 3 rings (SSSR count). The van der Waals surface area contributed by atoms with Gasteiger partial charge in [0.1, 0.15) is 11.9 Å². The summed E-state index contributed by atoms with van der Waals surface area (Å²) in [6, 6.07) is 8.03. The van der Waals surface area contributed by atoms with Gasteiger partial charge in [-0.25, -0.2) is 4.98 Å². The van der Waals surface area contributed by atoms with Crippen molar-refractivity contribution >= 4 is 41.8 Å². The van der Waals surface area contributed by atoms with Gasteiger partial charge in [-0.1, -0.05) is 12.1 Å². The summed E-state index contributed by atoms with van der Waals surface area (Å²) >= 11 is 0. The third-order valence-corrected chi connectivity index (χ3v) is 3.70. The number of nitrogens with one attached hydrogen (secondary N) is 2. The first-order chi connectivity index (χ1) is 10.3. The molecule has 0 radical (unpaired) electrons. The topological polar surface area (TPSA) is 68.2 Å². The molecule has 1 aliphatic heterocycles. The largest absolute Gasteiger partial charge is 0.366 e. The Morgan fingerprint density at radius 1 is 1.43 bits per heavy atom. The highest BCUT2D eigenvalue weighted by Crippen LogP contribution is 2.14. The lowest BCUT2D eigenvalue weighted by Gasteiger charge is -2.22. The highest BCUT2D eigenvalue weighted by Gasteiger charge is 2.21. The maximum atomic E-state index is 12.0. The Kier molecular flexibility index (Phi) is 7.78. The maximum absolute atomic E-state index is 12.0. The molecule has 6 nitrogen and oxygen atoms in total. The van der Waals surface area contributed by atoms with E-state index < -0.39 is 0 Å². The number of hydrogen-bond acceptors (Lipinski definition) is 4. The van der Waals surface area contributed by atoms with E-state index >= 15 is 0 Å². The van der Waals surface area contributed by atoms with Crippen LogP contribution in [0.4, 0.5) is 0 Å². The lowest BCUT2D eigenvalue weighted by Crippen LogP contribution is -2.48. The number of nitrogens with zero attached hydrogens (tertiary/aromatic N) is 2. The van der Waals surface area contributed by atoms with E-state index in [0.717, 1.165) is 23.4 Å².